The number of esters is 1. The van der Waals surface area contributed by atoms with E-state index in [-0.39, 0.29) is 40.5 Å². The van der Waals surface area contributed by atoms with Gasteiger partial charge in [0.25, 0.3) is 0 Å². The minimum atomic E-state index is -4.97. The van der Waals surface area contributed by atoms with Crippen molar-refractivity contribution in [1.82, 2.24) is 10.2 Å². The topological polar surface area (TPSA) is 103 Å². The zero-order valence-electron chi connectivity index (χ0n) is 18.3. The van der Waals surface area contributed by atoms with E-state index in [1.165, 1.54) is 0 Å². The van der Waals surface area contributed by atoms with E-state index in [2.05, 4.69) is 26.0 Å². The molecule has 1 heterocycles. The lowest BCUT2D eigenvalue weighted by atomic mass is 10.1. The highest BCUT2D eigenvalue weighted by Crippen LogP contribution is 2.39. The maximum atomic E-state index is 13.0. The Labute approximate surface area is 192 Å². The number of anilines is 1. The average molecular weight is 526 g/mol. The van der Waals surface area contributed by atoms with E-state index in [1.54, 1.807) is 27.7 Å². The molecule has 12 heteroatoms. The molecule has 0 aromatic heterocycles. The molecule has 1 aliphatic rings. The molecule has 2 rings (SSSR count). The fourth-order valence-corrected chi connectivity index (χ4v) is 3.75. The molecule has 0 unspecified atom stereocenters. The van der Waals surface area contributed by atoms with Crippen LogP contribution < -0.4 is 15.8 Å². The van der Waals surface area contributed by atoms with Gasteiger partial charge in [0.15, 0.2) is 0 Å². The van der Waals surface area contributed by atoms with Crippen LogP contribution in [0, 0.1) is 0 Å². The lowest BCUT2D eigenvalue weighted by Gasteiger charge is -2.23. The summed E-state index contributed by atoms with van der Waals surface area (Å²) in [4.78, 5) is 25.9. The molecule has 32 heavy (non-hydrogen) atoms. The van der Waals surface area contributed by atoms with E-state index in [4.69, 9.17) is 15.2 Å². The first-order chi connectivity index (χ1) is 14.7. The molecule has 0 bridgehead atoms. The first-order valence-corrected chi connectivity index (χ1v) is 10.7. The van der Waals surface area contributed by atoms with Crippen molar-refractivity contribution in [3.05, 3.63) is 21.7 Å². The van der Waals surface area contributed by atoms with Crippen LogP contribution in [0.25, 0.3) is 0 Å². The second-order valence-electron chi connectivity index (χ2n) is 8.26. The second-order valence-corrected chi connectivity index (χ2v) is 9.06. The Balaban J connectivity index is 2.22. The Morgan fingerprint density at radius 1 is 1.31 bits per heavy atom. The smallest absolute Gasteiger partial charge is 0.462 e. The van der Waals surface area contributed by atoms with E-state index in [9.17, 15) is 22.8 Å². The second kappa shape index (κ2) is 10.2. The Morgan fingerprint density at radius 2 is 1.97 bits per heavy atom. The number of carbonyl (C=O) groups is 2. The van der Waals surface area contributed by atoms with Gasteiger partial charge in [0.2, 0.25) is 0 Å². The molecule has 1 atom stereocenters. The normalized spacial score (nSPS) is 17.2. The van der Waals surface area contributed by atoms with Crippen LogP contribution in [-0.4, -0.2) is 54.7 Å². The third-order valence-electron chi connectivity index (χ3n) is 4.46. The lowest BCUT2D eigenvalue weighted by molar-refractivity contribution is -0.275. The van der Waals surface area contributed by atoms with Crippen LogP contribution in [0.4, 0.5) is 23.7 Å². The minimum Gasteiger partial charge on any atom is -0.462 e. The fourth-order valence-electron chi connectivity index (χ4n) is 3.22. The number of hydrogen-bond donors (Lipinski definition) is 2. The fraction of sp³-hybridized carbons (Fsp3) is 0.600. The molecular weight excluding hydrogens is 499 g/mol. The number of halogens is 4. The maximum absolute atomic E-state index is 13.0. The quantitative estimate of drug-likeness (QED) is 0.423. The van der Waals surface area contributed by atoms with Crippen LogP contribution in [0.15, 0.2) is 10.5 Å². The van der Waals surface area contributed by atoms with Gasteiger partial charge < -0.3 is 25.3 Å². The van der Waals surface area contributed by atoms with Gasteiger partial charge in [0.1, 0.15) is 11.4 Å². The number of nitrogens with one attached hydrogen (secondary N) is 1. The number of alkyl carbamates (subject to hydrolysis) is 1. The van der Waals surface area contributed by atoms with Gasteiger partial charge in [0.05, 0.1) is 17.9 Å². The van der Waals surface area contributed by atoms with E-state index in [0.29, 0.717) is 19.5 Å². The predicted octanol–water partition coefficient (Wildman–Crippen LogP) is 4.21. The molecule has 1 fully saturated rings. The number of carbonyl (C=O) groups excluding carboxylic acids is 2. The van der Waals surface area contributed by atoms with Gasteiger partial charge in [-0.05, 0) is 56.1 Å². The summed E-state index contributed by atoms with van der Waals surface area (Å²) in [5.41, 5.74) is 5.21. The number of hydrogen-bond acceptors (Lipinski definition) is 7. The third-order valence-corrected chi connectivity index (χ3v) is 5.37. The number of rotatable bonds is 6. The van der Waals surface area contributed by atoms with Crippen molar-refractivity contribution < 1.29 is 37.0 Å². The van der Waals surface area contributed by atoms with Crippen molar-refractivity contribution in [3.8, 4) is 5.75 Å². The Bertz CT molecular complexity index is 858. The standard InChI is InChI=1S/C20H27BrF3N3O5/c1-5-30-17(28)12-8-14(31-20(22,23)24)13(15(21)16(12)25)10-27-7-6-11(9-27)26-18(29)32-19(2,3)4/h8,11H,5-7,9-10,25H2,1-4H3,(H,26,29)/t11-/m1/s1. The van der Waals surface area contributed by atoms with Crippen LogP contribution >= 0.6 is 15.9 Å². The van der Waals surface area contributed by atoms with Crippen molar-refractivity contribution in [2.45, 2.75) is 58.7 Å². The molecule has 0 radical (unpaired) electrons. The molecule has 180 valence electrons. The van der Waals surface area contributed by atoms with E-state index < -0.39 is 29.8 Å². The lowest BCUT2D eigenvalue weighted by Crippen LogP contribution is -2.40. The molecule has 1 amide bonds. The van der Waals surface area contributed by atoms with Crippen LogP contribution in [0.5, 0.6) is 5.75 Å². The zero-order valence-corrected chi connectivity index (χ0v) is 19.9. The van der Waals surface area contributed by atoms with Gasteiger partial charge in [-0.25, -0.2) is 9.59 Å². The van der Waals surface area contributed by atoms with Crippen LogP contribution in [-0.2, 0) is 16.0 Å². The number of alkyl halides is 3. The maximum Gasteiger partial charge on any atom is 0.573 e. The molecule has 8 nitrogen and oxygen atoms in total. The van der Waals surface area contributed by atoms with E-state index in [1.807, 2.05) is 4.90 Å². The molecule has 1 aromatic rings. The minimum absolute atomic E-state index is 0.0346. The van der Waals surface area contributed by atoms with Crippen LogP contribution in [0.1, 0.15) is 50.0 Å². The van der Waals surface area contributed by atoms with Gasteiger partial charge >= 0.3 is 18.4 Å². The Kier molecular flexibility index (Phi) is 8.27. The first-order valence-electron chi connectivity index (χ1n) is 9.95. The summed E-state index contributed by atoms with van der Waals surface area (Å²) in [6.45, 7) is 7.79. The monoisotopic (exact) mass is 525 g/mol. The molecule has 3 N–H and O–H groups in total. The Hall–Kier alpha value is -2.21. The first kappa shape index (κ1) is 26.0. The van der Waals surface area contributed by atoms with Crippen LogP contribution in [0.3, 0.4) is 0 Å². The number of nitrogens with zero attached hydrogens (tertiary/aromatic N) is 1. The van der Waals surface area contributed by atoms with Crippen molar-refractivity contribution in [1.29, 1.82) is 0 Å². The molecular formula is C20H27BrF3N3O5. The summed E-state index contributed by atoms with van der Waals surface area (Å²) >= 11 is 3.21. The number of amides is 1. The summed E-state index contributed by atoms with van der Waals surface area (Å²) in [5, 5.41) is 2.76. The van der Waals surface area contributed by atoms with Gasteiger partial charge in [-0.2, -0.15) is 0 Å². The molecule has 0 aliphatic carbocycles. The summed E-state index contributed by atoms with van der Waals surface area (Å²) in [6.07, 6.45) is -4.94. The number of likely N-dealkylation sites (tertiary alicyclic amines) is 1. The number of benzene rings is 1. The Morgan fingerprint density at radius 3 is 2.53 bits per heavy atom. The number of nitrogen functional groups attached to an aromatic ring is 1. The van der Waals surface area contributed by atoms with Crippen molar-refractivity contribution in [2.75, 3.05) is 25.4 Å². The van der Waals surface area contributed by atoms with E-state index >= 15 is 0 Å². The summed E-state index contributed by atoms with van der Waals surface area (Å²) < 4.78 is 53.5. The average Bonchev–Trinajstić information content (AvgIpc) is 3.05. The van der Waals surface area contributed by atoms with Gasteiger partial charge in [-0.3, -0.25) is 4.90 Å². The van der Waals surface area contributed by atoms with Gasteiger partial charge in [0, 0.05) is 35.7 Å². The number of nitrogens with two attached hydrogens (primary N) is 1. The summed E-state index contributed by atoms with van der Waals surface area (Å²) in [6, 6.07) is 0.708. The van der Waals surface area contributed by atoms with Gasteiger partial charge in [-0.15, -0.1) is 13.2 Å². The highest BCUT2D eigenvalue weighted by atomic mass is 79.9. The van der Waals surface area contributed by atoms with Crippen molar-refractivity contribution in [2.24, 2.45) is 0 Å². The largest absolute Gasteiger partial charge is 0.573 e. The highest BCUT2D eigenvalue weighted by Gasteiger charge is 2.35. The molecule has 0 spiro atoms. The highest BCUT2D eigenvalue weighted by molar-refractivity contribution is 9.10. The van der Waals surface area contributed by atoms with Crippen LogP contribution in [0.2, 0.25) is 0 Å². The molecule has 1 saturated heterocycles. The molecule has 1 aliphatic heterocycles. The third kappa shape index (κ3) is 7.44. The number of ether oxygens (including phenoxy) is 3. The van der Waals surface area contributed by atoms with Gasteiger partial charge in [-0.1, -0.05) is 0 Å². The SMILES string of the molecule is CCOC(=O)c1cc(OC(F)(F)F)c(CN2CC[C@@H](NC(=O)OC(C)(C)C)C2)c(Br)c1N. The van der Waals surface area contributed by atoms with E-state index in [0.717, 1.165) is 6.07 Å². The van der Waals surface area contributed by atoms with Crippen molar-refractivity contribution >= 4 is 33.7 Å². The predicted molar refractivity (Wildman–Crippen MR) is 114 cm³/mol. The summed E-state index contributed by atoms with van der Waals surface area (Å²) in [5.74, 6) is -1.41. The zero-order chi connectivity index (χ0) is 24.3. The summed E-state index contributed by atoms with van der Waals surface area (Å²) in [7, 11) is 0. The molecule has 1 aromatic carbocycles. The molecule has 0 saturated carbocycles. The van der Waals surface area contributed by atoms with Crippen molar-refractivity contribution in [3.63, 3.8) is 0 Å².